The number of unbranched alkanes of at least 4 members (excludes halogenated alkanes) is 1. The number of benzene rings is 2. The number of ether oxygens (including phenoxy) is 1. The standard InChI is InChI=1S/C22H28FN3O2/c1-3-4-13-28-19-8-5-16(6-9-19)22(27)25-17-7-10-21(20(23)14-17)26-12-11-18(15-26)24-2/h5-10,14,18,24H,3-4,11-13,15H2,1-2H3,(H,25,27). The normalized spacial score (nSPS) is 16.2. The molecule has 0 saturated carbocycles. The first-order chi connectivity index (χ1) is 13.6. The van der Waals surface area contributed by atoms with Gasteiger partial charge in [-0.15, -0.1) is 0 Å². The van der Waals surface area contributed by atoms with Crippen LogP contribution in [0.5, 0.6) is 5.75 Å². The van der Waals surface area contributed by atoms with Crippen LogP contribution >= 0.6 is 0 Å². The molecular weight excluding hydrogens is 357 g/mol. The predicted molar refractivity (Wildman–Crippen MR) is 111 cm³/mol. The lowest BCUT2D eigenvalue weighted by atomic mass is 10.2. The van der Waals surface area contributed by atoms with Gasteiger partial charge in [0, 0.05) is 30.4 Å². The molecular formula is C22H28FN3O2. The lowest BCUT2D eigenvalue weighted by Gasteiger charge is -2.20. The van der Waals surface area contributed by atoms with Gasteiger partial charge in [0.25, 0.3) is 5.91 Å². The molecule has 6 heteroatoms. The Labute approximate surface area is 165 Å². The Hall–Kier alpha value is -2.60. The highest BCUT2D eigenvalue weighted by atomic mass is 19.1. The molecule has 1 unspecified atom stereocenters. The van der Waals surface area contributed by atoms with Crippen LogP contribution in [0, 0.1) is 5.82 Å². The van der Waals surface area contributed by atoms with Crippen molar-refractivity contribution < 1.29 is 13.9 Å². The third-order valence-corrected chi connectivity index (χ3v) is 5.03. The number of likely N-dealkylation sites (N-methyl/N-ethyl adjacent to an activating group) is 1. The van der Waals surface area contributed by atoms with Gasteiger partial charge in [0.15, 0.2) is 0 Å². The van der Waals surface area contributed by atoms with E-state index < -0.39 is 0 Å². The van der Waals surface area contributed by atoms with Gasteiger partial charge in [-0.1, -0.05) is 13.3 Å². The second kappa shape index (κ2) is 9.55. The third kappa shape index (κ3) is 5.01. The fraction of sp³-hybridized carbons (Fsp3) is 0.409. The number of nitrogens with zero attached hydrogens (tertiary/aromatic N) is 1. The van der Waals surface area contributed by atoms with E-state index in [1.807, 2.05) is 11.9 Å². The Bertz CT molecular complexity index is 795. The molecule has 28 heavy (non-hydrogen) atoms. The number of hydrogen-bond donors (Lipinski definition) is 2. The molecule has 2 aromatic rings. The van der Waals surface area contributed by atoms with Crippen LogP contribution < -0.4 is 20.3 Å². The minimum atomic E-state index is -0.325. The molecule has 1 atom stereocenters. The first-order valence-corrected chi connectivity index (χ1v) is 9.86. The van der Waals surface area contributed by atoms with Gasteiger partial charge in [-0.3, -0.25) is 4.79 Å². The monoisotopic (exact) mass is 385 g/mol. The summed E-state index contributed by atoms with van der Waals surface area (Å²) in [5, 5.41) is 5.98. The summed E-state index contributed by atoms with van der Waals surface area (Å²) >= 11 is 0. The molecule has 2 N–H and O–H groups in total. The smallest absolute Gasteiger partial charge is 0.255 e. The van der Waals surface area contributed by atoms with E-state index in [9.17, 15) is 9.18 Å². The average molecular weight is 385 g/mol. The van der Waals surface area contributed by atoms with Crippen LogP contribution in [0.2, 0.25) is 0 Å². The van der Waals surface area contributed by atoms with Gasteiger partial charge in [-0.05, 0) is 62.4 Å². The second-order valence-corrected chi connectivity index (χ2v) is 7.07. The maximum absolute atomic E-state index is 14.6. The average Bonchev–Trinajstić information content (AvgIpc) is 3.18. The van der Waals surface area contributed by atoms with Gasteiger partial charge >= 0.3 is 0 Å². The number of carbonyl (C=O) groups is 1. The topological polar surface area (TPSA) is 53.6 Å². The molecule has 1 amide bonds. The summed E-state index contributed by atoms with van der Waals surface area (Å²) in [7, 11) is 1.92. The van der Waals surface area contributed by atoms with Crippen LogP contribution in [0.3, 0.4) is 0 Å². The van der Waals surface area contributed by atoms with Crippen LogP contribution in [0.15, 0.2) is 42.5 Å². The number of amides is 1. The highest BCUT2D eigenvalue weighted by Gasteiger charge is 2.23. The first-order valence-electron chi connectivity index (χ1n) is 9.86. The zero-order valence-corrected chi connectivity index (χ0v) is 16.5. The van der Waals surface area contributed by atoms with Crippen molar-refractivity contribution in [1.82, 2.24) is 5.32 Å². The largest absolute Gasteiger partial charge is 0.494 e. The molecule has 2 aromatic carbocycles. The predicted octanol–water partition coefficient (Wildman–Crippen LogP) is 4.06. The summed E-state index contributed by atoms with van der Waals surface area (Å²) in [4.78, 5) is 14.5. The van der Waals surface area contributed by atoms with Gasteiger partial charge in [0.2, 0.25) is 0 Å². The van der Waals surface area contributed by atoms with Gasteiger partial charge < -0.3 is 20.3 Å². The number of anilines is 2. The van der Waals surface area contributed by atoms with Crippen LogP contribution in [-0.4, -0.2) is 38.7 Å². The maximum Gasteiger partial charge on any atom is 0.255 e. The fourth-order valence-electron chi connectivity index (χ4n) is 3.30. The zero-order chi connectivity index (χ0) is 19.9. The molecule has 1 saturated heterocycles. The second-order valence-electron chi connectivity index (χ2n) is 7.07. The van der Waals surface area contributed by atoms with Gasteiger partial charge in [0.1, 0.15) is 11.6 Å². The lowest BCUT2D eigenvalue weighted by molar-refractivity contribution is 0.102. The zero-order valence-electron chi connectivity index (χ0n) is 16.5. The molecule has 1 heterocycles. The summed E-state index contributed by atoms with van der Waals surface area (Å²) in [6.07, 6.45) is 3.06. The molecule has 0 radical (unpaired) electrons. The highest BCUT2D eigenvalue weighted by Crippen LogP contribution is 2.26. The number of hydrogen-bond acceptors (Lipinski definition) is 4. The minimum absolute atomic E-state index is 0.274. The molecule has 150 valence electrons. The van der Waals surface area contributed by atoms with Crippen LogP contribution in [0.25, 0.3) is 0 Å². The van der Waals surface area contributed by atoms with Crippen LogP contribution in [0.4, 0.5) is 15.8 Å². The van der Waals surface area contributed by atoms with E-state index in [-0.39, 0.29) is 11.7 Å². The number of carbonyl (C=O) groups excluding carboxylic acids is 1. The molecule has 5 nitrogen and oxygen atoms in total. The Morgan fingerprint density at radius 1 is 1.25 bits per heavy atom. The first kappa shape index (κ1) is 20.1. The minimum Gasteiger partial charge on any atom is -0.494 e. The fourth-order valence-corrected chi connectivity index (χ4v) is 3.30. The van der Waals surface area contributed by atoms with Gasteiger partial charge in [-0.2, -0.15) is 0 Å². The quantitative estimate of drug-likeness (QED) is 0.673. The lowest BCUT2D eigenvalue weighted by Crippen LogP contribution is -2.29. The summed E-state index contributed by atoms with van der Waals surface area (Å²) in [5.41, 5.74) is 1.52. The van der Waals surface area contributed by atoms with Crippen molar-refractivity contribution in [2.24, 2.45) is 0 Å². The van der Waals surface area contributed by atoms with Crippen molar-refractivity contribution in [1.29, 1.82) is 0 Å². The molecule has 0 spiro atoms. The third-order valence-electron chi connectivity index (χ3n) is 5.03. The van der Waals surface area contributed by atoms with E-state index >= 15 is 0 Å². The number of rotatable bonds is 8. The Kier molecular flexibility index (Phi) is 6.87. The summed E-state index contributed by atoms with van der Waals surface area (Å²) in [6.45, 7) is 4.38. The Balaban J connectivity index is 1.60. The van der Waals surface area contributed by atoms with E-state index in [0.29, 0.717) is 29.6 Å². The maximum atomic E-state index is 14.6. The Morgan fingerprint density at radius 2 is 2.04 bits per heavy atom. The molecule has 1 aliphatic rings. The SMILES string of the molecule is CCCCOc1ccc(C(=O)Nc2ccc(N3CCC(NC)C3)c(F)c2)cc1. The van der Waals surface area contributed by atoms with Gasteiger partial charge in [-0.25, -0.2) is 4.39 Å². The molecule has 1 fully saturated rings. The van der Waals surface area contributed by atoms with E-state index in [1.54, 1.807) is 36.4 Å². The van der Waals surface area contributed by atoms with Crippen molar-refractivity contribution in [3.8, 4) is 5.75 Å². The van der Waals surface area contributed by atoms with E-state index in [1.165, 1.54) is 6.07 Å². The van der Waals surface area contributed by atoms with Crippen molar-refractivity contribution in [2.75, 3.05) is 37.0 Å². The number of nitrogens with one attached hydrogen (secondary N) is 2. The summed E-state index contributed by atoms with van der Waals surface area (Å²) < 4.78 is 20.2. The van der Waals surface area contributed by atoms with Crippen molar-refractivity contribution >= 4 is 17.3 Å². The molecule has 1 aliphatic heterocycles. The summed E-state index contributed by atoms with van der Waals surface area (Å²) in [5.74, 6) is 0.142. The van der Waals surface area contributed by atoms with Crippen molar-refractivity contribution in [2.45, 2.75) is 32.2 Å². The molecule has 0 bridgehead atoms. The Morgan fingerprint density at radius 3 is 2.68 bits per heavy atom. The van der Waals surface area contributed by atoms with E-state index in [0.717, 1.165) is 38.1 Å². The molecule has 0 aromatic heterocycles. The van der Waals surface area contributed by atoms with Crippen LogP contribution in [0.1, 0.15) is 36.5 Å². The highest BCUT2D eigenvalue weighted by molar-refractivity contribution is 6.04. The van der Waals surface area contributed by atoms with Crippen LogP contribution in [-0.2, 0) is 0 Å². The van der Waals surface area contributed by atoms with E-state index in [2.05, 4.69) is 17.6 Å². The molecule has 0 aliphatic carbocycles. The number of halogens is 1. The van der Waals surface area contributed by atoms with Gasteiger partial charge in [0.05, 0.1) is 12.3 Å². The van der Waals surface area contributed by atoms with Crippen molar-refractivity contribution in [3.63, 3.8) is 0 Å². The van der Waals surface area contributed by atoms with Crippen molar-refractivity contribution in [3.05, 3.63) is 53.8 Å². The summed E-state index contributed by atoms with van der Waals surface area (Å²) in [6, 6.07) is 12.2. The van der Waals surface area contributed by atoms with E-state index in [4.69, 9.17) is 4.74 Å². The molecule has 3 rings (SSSR count).